The van der Waals surface area contributed by atoms with Gasteiger partial charge in [-0.2, -0.15) is 0 Å². The maximum Gasteiger partial charge on any atom is 0.252 e. The molecule has 1 aliphatic carbocycles. The second-order valence-corrected chi connectivity index (χ2v) is 10.8. The Morgan fingerprint density at radius 1 is 1.05 bits per heavy atom. The van der Waals surface area contributed by atoms with Crippen molar-refractivity contribution in [1.29, 1.82) is 0 Å². The molecule has 0 saturated heterocycles. The summed E-state index contributed by atoms with van der Waals surface area (Å²) < 4.78 is 1.97. The number of aromatic amines is 1. The van der Waals surface area contributed by atoms with Gasteiger partial charge in [0.25, 0.3) is 5.56 Å². The highest BCUT2D eigenvalue weighted by molar-refractivity contribution is 5.81. The van der Waals surface area contributed by atoms with Crippen LogP contribution in [0.1, 0.15) is 74.5 Å². The molecule has 2 aromatic carbocycles. The third-order valence-electron chi connectivity index (χ3n) is 7.83. The van der Waals surface area contributed by atoms with Crippen LogP contribution in [0, 0.1) is 12.8 Å². The first-order chi connectivity index (χ1) is 18.0. The highest BCUT2D eigenvalue weighted by Crippen LogP contribution is 2.35. The van der Waals surface area contributed by atoms with Crippen LogP contribution in [0.5, 0.6) is 0 Å². The molecule has 37 heavy (non-hydrogen) atoms. The Labute approximate surface area is 218 Å². The Bertz CT molecular complexity index is 1370. The van der Waals surface area contributed by atoms with Gasteiger partial charge in [0.15, 0.2) is 5.82 Å². The molecule has 4 aromatic rings. The summed E-state index contributed by atoms with van der Waals surface area (Å²) in [6.07, 6.45) is 6.87. The normalized spacial score (nSPS) is 15.6. The molecule has 0 amide bonds. The minimum Gasteiger partial charge on any atom is -0.321 e. The number of aryl methyl sites for hydroxylation is 3. The number of benzene rings is 2. The lowest BCUT2D eigenvalue weighted by Crippen LogP contribution is -2.43. The number of pyridine rings is 1. The van der Waals surface area contributed by atoms with E-state index in [1.807, 2.05) is 23.7 Å². The van der Waals surface area contributed by atoms with E-state index in [4.69, 9.17) is 0 Å². The van der Waals surface area contributed by atoms with Crippen molar-refractivity contribution < 1.29 is 0 Å². The monoisotopic (exact) mass is 498 g/mol. The summed E-state index contributed by atoms with van der Waals surface area (Å²) >= 11 is 0. The highest BCUT2D eigenvalue weighted by atomic mass is 16.1. The summed E-state index contributed by atoms with van der Waals surface area (Å²) in [5, 5.41) is 14.1. The van der Waals surface area contributed by atoms with Gasteiger partial charge in [0.2, 0.25) is 0 Å². The van der Waals surface area contributed by atoms with Gasteiger partial charge >= 0.3 is 0 Å². The first kappa shape index (κ1) is 25.3. The fraction of sp³-hybridized carbons (Fsp3) is 0.467. The lowest BCUT2D eigenvalue weighted by molar-refractivity contribution is 0.0608. The van der Waals surface area contributed by atoms with E-state index in [-0.39, 0.29) is 17.5 Å². The number of hydrogen-bond donors (Lipinski definition) is 1. The molecule has 1 unspecified atom stereocenters. The Balaban J connectivity index is 1.50. The average Bonchev–Trinajstić information content (AvgIpc) is 3.37. The standard InChI is InChI=1S/C30H38N6O/c1-21(2)28(29-32-33-34-36(29)18-17-23-12-6-4-7-13-23)35(26-15-8-5-9-16-26)20-25-19-24-14-10-11-22(3)27(24)31-30(25)37/h4,6-7,10-14,19,21,26,28H,5,8-9,15-18,20H2,1-3H3,(H,31,37). The number of tetrazole rings is 1. The molecule has 1 fully saturated rings. The number of nitrogens with zero attached hydrogens (tertiary/aromatic N) is 5. The molecule has 1 saturated carbocycles. The van der Waals surface area contributed by atoms with E-state index in [2.05, 4.69) is 81.7 Å². The largest absolute Gasteiger partial charge is 0.321 e. The van der Waals surface area contributed by atoms with Crippen molar-refractivity contribution in [3.05, 3.63) is 87.5 Å². The van der Waals surface area contributed by atoms with Crippen molar-refractivity contribution in [2.24, 2.45) is 5.92 Å². The first-order valence-corrected chi connectivity index (χ1v) is 13.7. The van der Waals surface area contributed by atoms with Crippen LogP contribution >= 0.6 is 0 Å². The van der Waals surface area contributed by atoms with E-state index in [0.717, 1.165) is 53.7 Å². The van der Waals surface area contributed by atoms with E-state index >= 15 is 0 Å². The molecule has 7 heteroatoms. The molecule has 194 valence electrons. The summed E-state index contributed by atoms with van der Waals surface area (Å²) in [5.74, 6) is 1.18. The summed E-state index contributed by atoms with van der Waals surface area (Å²) in [6, 6.07) is 19.1. The van der Waals surface area contributed by atoms with Crippen molar-refractivity contribution in [3.63, 3.8) is 0 Å². The van der Waals surface area contributed by atoms with Gasteiger partial charge in [0.1, 0.15) is 0 Å². The third kappa shape index (κ3) is 5.67. The Hall–Kier alpha value is -3.32. The van der Waals surface area contributed by atoms with Crippen molar-refractivity contribution in [2.45, 2.75) is 84.5 Å². The molecule has 7 nitrogen and oxygen atoms in total. The smallest absolute Gasteiger partial charge is 0.252 e. The summed E-state index contributed by atoms with van der Waals surface area (Å²) in [6.45, 7) is 7.83. The number of fused-ring (bicyclic) bond motifs is 1. The zero-order chi connectivity index (χ0) is 25.8. The molecule has 0 spiro atoms. The SMILES string of the molecule is Cc1cccc2cc(CN(C3CCCCC3)C(c3nnnn3CCc3ccccc3)C(C)C)c(=O)[nH]c12. The number of hydrogen-bond acceptors (Lipinski definition) is 5. The number of para-hydroxylation sites is 1. The highest BCUT2D eigenvalue weighted by Gasteiger charge is 2.34. The van der Waals surface area contributed by atoms with Gasteiger partial charge in [-0.25, -0.2) is 4.68 Å². The van der Waals surface area contributed by atoms with Gasteiger partial charge in [-0.3, -0.25) is 9.69 Å². The van der Waals surface area contributed by atoms with Gasteiger partial charge < -0.3 is 4.98 Å². The van der Waals surface area contributed by atoms with Crippen LogP contribution in [-0.2, 0) is 19.5 Å². The maximum absolute atomic E-state index is 13.3. The van der Waals surface area contributed by atoms with Crippen LogP contribution in [0.4, 0.5) is 0 Å². The Kier molecular flexibility index (Phi) is 7.79. The Morgan fingerprint density at radius 3 is 2.59 bits per heavy atom. The minimum absolute atomic E-state index is 0.00575. The lowest BCUT2D eigenvalue weighted by atomic mass is 9.90. The topological polar surface area (TPSA) is 79.7 Å². The second-order valence-electron chi connectivity index (χ2n) is 10.8. The zero-order valence-corrected chi connectivity index (χ0v) is 22.2. The van der Waals surface area contributed by atoms with Crippen LogP contribution in [0.3, 0.4) is 0 Å². The van der Waals surface area contributed by atoms with Gasteiger partial charge in [0, 0.05) is 24.7 Å². The predicted octanol–water partition coefficient (Wildman–Crippen LogP) is 5.60. The number of nitrogens with one attached hydrogen (secondary N) is 1. The fourth-order valence-electron chi connectivity index (χ4n) is 5.90. The predicted molar refractivity (Wildman–Crippen MR) is 147 cm³/mol. The molecule has 0 aliphatic heterocycles. The van der Waals surface area contributed by atoms with E-state index in [0.29, 0.717) is 12.6 Å². The molecule has 0 radical (unpaired) electrons. The summed E-state index contributed by atoms with van der Waals surface area (Å²) in [5.41, 5.74) is 4.08. The second kappa shape index (κ2) is 11.4. The van der Waals surface area contributed by atoms with Crippen LogP contribution in [0.25, 0.3) is 10.9 Å². The zero-order valence-electron chi connectivity index (χ0n) is 22.2. The minimum atomic E-state index is -0.00575. The molecular weight excluding hydrogens is 460 g/mol. The van der Waals surface area contributed by atoms with E-state index in [1.165, 1.54) is 24.8 Å². The molecule has 0 bridgehead atoms. The summed E-state index contributed by atoms with van der Waals surface area (Å²) in [7, 11) is 0. The van der Waals surface area contributed by atoms with Gasteiger partial charge in [0.05, 0.1) is 11.6 Å². The van der Waals surface area contributed by atoms with Gasteiger partial charge in [-0.15, -0.1) is 5.10 Å². The third-order valence-corrected chi connectivity index (χ3v) is 7.83. The molecule has 2 aromatic heterocycles. The van der Waals surface area contributed by atoms with Crippen LogP contribution in [0.2, 0.25) is 0 Å². The van der Waals surface area contributed by atoms with Crippen molar-refractivity contribution in [3.8, 4) is 0 Å². The molecule has 2 heterocycles. The first-order valence-electron chi connectivity index (χ1n) is 13.7. The number of aromatic nitrogens is 5. The molecular formula is C30H38N6O. The van der Waals surface area contributed by atoms with Gasteiger partial charge in [-0.1, -0.05) is 81.6 Å². The van der Waals surface area contributed by atoms with Crippen molar-refractivity contribution in [2.75, 3.05) is 0 Å². The van der Waals surface area contributed by atoms with Crippen molar-refractivity contribution in [1.82, 2.24) is 30.1 Å². The van der Waals surface area contributed by atoms with Crippen LogP contribution in [0.15, 0.2) is 59.4 Å². The van der Waals surface area contributed by atoms with Crippen LogP contribution in [-0.4, -0.2) is 36.1 Å². The maximum atomic E-state index is 13.3. The number of rotatable bonds is 9. The molecule has 1 atom stereocenters. The van der Waals surface area contributed by atoms with E-state index in [1.54, 1.807) is 0 Å². The quantitative estimate of drug-likeness (QED) is 0.325. The Morgan fingerprint density at radius 2 is 1.84 bits per heavy atom. The van der Waals surface area contributed by atoms with Crippen molar-refractivity contribution >= 4 is 10.9 Å². The molecule has 1 N–H and O–H groups in total. The summed E-state index contributed by atoms with van der Waals surface area (Å²) in [4.78, 5) is 19.0. The van der Waals surface area contributed by atoms with E-state index in [9.17, 15) is 4.79 Å². The average molecular weight is 499 g/mol. The molecule has 5 rings (SSSR count). The lowest BCUT2D eigenvalue weighted by Gasteiger charge is -2.41. The number of H-pyrrole nitrogens is 1. The van der Waals surface area contributed by atoms with Gasteiger partial charge in [-0.05, 0) is 65.1 Å². The molecule has 1 aliphatic rings. The van der Waals surface area contributed by atoms with Crippen LogP contribution < -0.4 is 5.56 Å². The van der Waals surface area contributed by atoms with E-state index < -0.39 is 0 Å². The fourth-order valence-corrected chi connectivity index (χ4v) is 5.90.